The van der Waals surface area contributed by atoms with Crippen LogP contribution in [0.4, 0.5) is 0 Å². The molecule has 0 heterocycles. The highest BCUT2D eigenvalue weighted by atomic mass is 79.9. The Bertz CT molecular complexity index is 345. The van der Waals surface area contributed by atoms with Crippen LogP contribution in [-0.4, -0.2) is 5.11 Å². The van der Waals surface area contributed by atoms with E-state index in [-0.39, 0.29) is 0 Å². The second-order valence-corrected chi connectivity index (χ2v) is 6.05. The molecule has 0 saturated carbocycles. The Morgan fingerprint density at radius 1 is 1.19 bits per heavy atom. The summed E-state index contributed by atoms with van der Waals surface area (Å²) in [6.45, 7) is 9.03. The minimum absolute atomic E-state index is 0.316. The first kappa shape index (κ1) is 13.6. The van der Waals surface area contributed by atoms with Crippen molar-refractivity contribution >= 4 is 15.9 Å². The molecule has 0 aliphatic rings. The van der Waals surface area contributed by atoms with Gasteiger partial charge in [0.25, 0.3) is 0 Å². The summed E-state index contributed by atoms with van der Waals surface area (Å²) in [5.74, 6) is 2.20. The lowest BCUT2D eigenvalue weighted by molar-refractivity contribution is 0.406. The Morgan fingerprint density at radius 2 is 1.81 bits per heavy atom. The van der Waals surface area contributed by atoms with Crippen LogP contribution < -0.4 is 0 Å². The average molecular weight is 285 g/mol. The van der Waals surface area contributed by atoms with E-state index in [1.165, 1.54) is 12.0 Å². The molecule has 0 aromatic heterocycles. The fraction of sp³-hybridized carbons (Fsp3) is 0.571. The predicted molar refractivity (Wildman–Crippen MR) is 72.8 cm³/mol. The zero-order valence-corrected chi connectivity index (χ0v) is 12.1. The third-order valence-corrected chi connectivity index (χ3v) is 3.57. The van der Waals surface area contributed by atoms with Crippen LogP contribution in [0.25, 0.3) is 0 Å². The summed E-state index contributed by atoms with van der Waals surface area (Å²) in [6, 6.07) is 5.85. The molecule has 16 heavy (non-hydrogen) atoms. The number of hydrogen-bond donors (Lipinski definition) is 1. The van der Waals surface area contributed by atoms with Crippen LogP contribution in [0.5, 0.6) is 5.75 Å². The lowest BCUT2D eigenvalue weighted by Crippen LogP contribution is -2.09. The Balaban J connectivity index is 2.97. The summed E-state index contributed by atoms with van der Waals surface area (Å²) in [5.41, 5.74) is 1.31. The SMILES string of the molecule is CC(C)CC(c1ccc(O)c(Br)c1)C(C)C. The van der Waals surface area contributed by atoms with E-state index in [4.69, 9.17) is 0 Å². The molecule has 1 N–H and O–H groups in total. The monoisotopic (exact) mass is 284 g/mol. The maximum atomic E-state index is 9.50. The number of aromatic hydroxyl groups is 1. The zero-order chi connectivity index (χ0) is 12.3. The van der Waals surface area contributed by atoms with Gasteiger partial charge in [0.15, 0.2) is 0 Å². The lowest BCUT2D eigenvalue weighted by atomic mass is 9.82. The first-order chi connectivity index (χ1) is 7.41. The summed E-state index contributed by atoms with van der Waals surface area (Å²) in [5, 5.41) is 9.50. The minimum Gasteiger partial charge on any atom is -0.507 e. The van der Waals surface area contributed by atoms with Gasteiger partial charge in [0, 0.05) is 0 Å². The molecule has 0 fully saturated rings. The van der Waals surface area contributed by atoms with Crippen molar-refractivity contribution in [2.24, 2.45) is 11.8 Å². The molecule has 1 atom stereocenters. The quantitative estimate of drug-likeness (QED) is 0.830. The number of hydrogen-bond acceptors (Lipinski definition) is 1. The van der Waals surface area contributed by atoms with Gasteiger partial charge < -0.3 is 5.11 Å². The molecule has 1 nitrogen and oxygen atoms in total. The molecule has 1 aromatic rings. The number of rotatable bonds is 4. The van der Waals surface area contributed by atoms with E-state index in [1.54, 1.807) is 6.07 Å². The number of halogens is 1. The third-order valence-electron chi connectivity index (χ3n) is 2.93. The van der Waals surface area contributed by atoms with Crippen molar-refractivity contribution in [3.8, 4) is 5.75 Å². The standard InChI is InChI=1S/C14H21BrO/c1-9(2)7-12(10(3)4)11-5-6-14(16)13(15)8-11/h5-6,8-10,12,16H,7H2,1-4H3. The van der Waals surface area contributed by atoms with Gasteiger partial charge >= 0.3 is 0 Å². The average Bonchev–Trinajstić information content (AvgIpc) is 2.18. The first-order valence-electron chi connectivity index (χ1n) is 5.90. The summed E-state index contributed by atoms with van der Waals surface area (Å²) in [6.07, 6.45) is 1.19. The molecule has 0 spiro atoms. The molecule has 0 amide bonds. The highest BCUT2D eigenvalue weighted by Gasteiger charge is 2.18. The largest absolute Gasteiger partial charge is 0.507 e. The Labute approximate surface area is 107 Å². The normalized spacial score (nSPS) is 13.4. The predicted octanol–water partition coefficient (Wildman–Crippen LogP) is 4.94. The fourth-order valence-corrected chi connectivity index (χ4v) is 2.45. The molecular formula is C14H21BrO. The van der Waals surface area contributed by atoms with Crippen molar-refractivity contribution in [2.75, 3.05) is 0 Å². The maximum Gasteiger partial charge on any atom is 0.129 e. The van der Waals surface area contributed by atoms with Crippen molar-refractivity contribution in [1.29, 1.82) is 0 Å². The molecule has 0 saturated heterocycles. The second kappa shape index (κ2) is 5.72. The van der Waals surface area contributed by atoms with Crippen molar-refractivity contribution < 1.29 is 5.11 Å². The van der Waals surface area contributed by atoms with Gasteiger partial charge in [0.05, 0.1) is 4.47 Å². The van der Waals surface area contributed by atoms with E-state index in [1.807, 2.05) is 12.1 Å². The zero-order valence-electron chi connectivity index (χ0n) is 10.5. The number of phenolic OH excluding ortho intramolecular Hbond substituents is 1. The van der Waals surface area contributed by atoms with Gasteiger partial charge in [-0.05, 0) is 57.8 Å². The van der Waals surface area contributed by atoms with Gasteiger partial charge in [-0.2, -0.15) is 0 Å². The smallest absolute Gasteiger partial charge is 0.129 e. The van der Waals surface area contributed by atoms with Crippen molar-refractivity contribution in [2.45, 2.75) is 40.0 Å². The van der Waals surface area contributed by atoms with Crippen molar-refractivity contribution in [3.05, 3.63) is 28.2 Å². The Morgan fingerprint density at radius 3 is 2.25 bits per heavy atom. The molecule has 90 valence electrons. The van der Waals surface area contributed by atoms with E-state index >= 15 is 0 Å². The van der Waals surface area contributed by atoms with Gasteiger partial charge in [-0.15, -0.1) is 0 Å². The van der Waals surface area contributed by atoms with Gasteiger partial charge in [0.2, 0.25) is 0 Å². The van der Waals surface area contributed by atoms with E-state index in [0.717, 1.165) is 4.47 Å². The summed E-state index contributed by atoms with van der Waals surface area (Å²) < 4.78 is 0.791. The van der Waals surface area contributed by atoms with Gasteiger partial charge in [0.1, 0.15) is 5.75 Å². The van der Waals surface area contributed by atoms with Crippen LogP contribution in [0.15, 0.2) is 22.7 Å². The summed E-state index contributed by atoms with van der Waals surface area (Å²) in [4.78, 5) is 0. The van der Waals surface area contributed by atoms with E-state index < -0.39 is 0 Å². The van der Waals surface area contributed by atoms with Gasteiger partial charge in [-0.3, -0.25) is 0 Å². The molecule has 1 unspecified atom stereocenters. The lowest BCUT2D eigenvalue weighted by Gasteiger charge is -2.23. The topological polar surface area (TPSA) is 20.2 Å². The highest BCUT2D eigenvalue weighted by molar-refractivity contribution is 9.10. The van der Waals surface area contributed by atoms with Crippen LogP contribution in [0.3, 0.4) is 0 Å². The number of benzene rings is 1. The van der Waals surface area contributed by atoms with Crippen LogP contribution in [0, 0.1) is 11.8 Å². The van der Waals surface area contributed by atoms with Crippen LogP contribution in [-0.2, 0) is 0 Å². The fourth-order valence-electron chi connectivity index (χ4n) is 2.05. The second-order valence-electron chi connectivity index (χ2n) is 5.19. The van der Waals surface area contributed by atoms with E-state index in [9.17, 15) is 5.11 Å². The van der Waals surface area contributed by atoms with E-state index in [2.05, 4.69) is 43.6 Å². The maximum absolute atomic E-state index is 9.50. The van der Waals surface area contributed by atoms with Gasteiger partial charge in [-0.1, -0.05) is 33.8 Å². The van der Waals surface area contributed by atoms with Gasteiger partial charge in [-0.25, -0.2) is 0 Å². The molecule has 1 aromatic carbocycles. The molecule has 0 radical (unpaired) electrons. The first-order valence-corrected chi connectivity index (χ1v) is 6.69. The molecule has 0 aliphatic heterocycles. The molecule has 0 bridgehead atoms. The van der Waals surface area contributed by atoms with Crippen molar-refractivity contribution in [3.63, 3.8) is 0 Å². The number of phenols is 1. The summed E-state index contributed by atoms with van der Waals surface area (Å²) >= 11 is 3.38. The van der Waals surface area contributed by atoms with Crippen LogP contribution in [0.1, 0.15) is 45.6 Å². The highest BCUT2D eigenvalue weighted by Crippen LogP contribution is 2.34. The Hall–Kier alpha value is -0.500. The minimum atomic E-state index is 0.316. The molecule has 1 rings (SSSR count). The molecule has 2 heteroatoms. The van der Waals surface area contributed by atoms with Crippen LogP contribution in [0.2, 0.25) is 0 Å². The van der Waals surface area contributed by atoms with Crippen molar-refractivity contribution in [1.82, 2.24) is 0 Å². The molecular weight excluding hydrogens is 264 g/mol. The van der Waals surface area contributed by atoms with E-state index in [0.29, 0.717) is 23.5 Å². The van der Waals surface area contributed by atoms with Crippen LogP contribution >= 0.6 is 15.9 Å². The summed E-state index contributed by atoms with van der Waals surface area (Å²) in [7, 11) is 0. The Kier molecular flexibility index (Phi) is 4.85. The third kappa shape index (κ3) is 3.51. The molecule has 0 aliphatic carbocycles.